The van der Waals surface area contributed by atoms with Gasteiger partial charge in [-0.3, -0.25) is 0 Å². The number of aliphatic imine (C=N–C) groups is 1. The molecular weight excluding hydrogens is 162 g/mol. The van der Waals surface area contributed by atoms with Gasteiger partial charge in [-0.15, -0.1) is 0 Å². The Morgan fingerprint density at radius 1 is 1.46 bits per heavy atom. The SMILES string of the molecule is C/C=c1/cccc/c1=C(/C)N=C=O. The van der Waals surface area contributed by atoms with Crippen LogP contribution in [0.5, 0.6) is 0 Å². The molecule has 0 saturated heterocycles. The van der Waals surface area contributed by atoms with Crippen LogP contribution >= 0.6 is 0 Å². The van der Waals surface area contributed by atoms with E-state index < -0.39 is 0 Å². The topological polar surface area (TPSA) is 29.4 Å². The van der Waals surface area contributed by atoms with Crippen molar-refractivity contribution in [3.05, 3.63) is 34.7 Å². The van der Waals surface area contributed by atoms with Crippen LogP contribution in [0.2, 0.25) is 0 Å². The van der Waals surface area contributed by atoms with Gasteiger partial charge in [-0.2, -0.15) is 4.99 Å². The molecule has 1 aromatic carbocycles. The van der Waals surface area contributed by atoms with Gasteiger partial charge in [-0.05, 0) is 19.1 Å². The maximum Gasteiger partial charge on any atom is 0.240 e. The van der Waals surface area contributed by atoms with E-state index >= 15 is 0 Å². The fourth-order valence-corrected chi connectivity index (χ4v) is 1.21. The molecule has 0 radical (unpaired) electrons. The molecule has 2 heteroatoms. The summed E-state index contributed by atoms with van der Waals surface area (Å²) in [6.07, 6.45) is 3.53. The first-order chi connectivity index (χ1) is 6.29. The minimum atomic E-state index is 0.698. The number of nitrogens with zero attached hydrogens (tertiary/aromatic N) is 1. The highest BCUT2D eigenvalue weighted by Gasteiger charge is 1.88. The molecule has 13 heavy (non-hydrogen) atoms. The summed E-state index contributed by atoms with van der Waals surface area (Å²) < 4.78 is 0. The molecule has 0 aliphatic carbocycles. The van der Waals surface area contributed by atoms with Crippen LogP contribution in [0.3, 0.4) is 0 Å². The average Bonchev–Trinajstić information content (AvgIpc) is 2.18. The predicted molar refractivity (Wildman–Crippen MR) is 53.0 cm³/mol. The summed E-state index contributed by atoms with van der Waals surface area (Å²) in [4.78, 5) is 13.7. The van der Waals surface area contributed by atoms with Crippen LogP contribution in [-0.2, 0) is 4.79 Å². The minimum absolute atomic E-state index is 0.698. The van der Waals surface area contributed by atoms with Crippen LogP contribution < -0.4 is 10.4 Å². The Morgan fingerprint density at radius 3 is 2.77 bits per heavy atom. The highest BCUT2D eigenvalue weighted by Crippen LogP contribution is 1.87. The summed E-state index contributed by atoms with van der Waals surface area (Å²) >= 11 is 0. The van der Waals surface area contributed by atoms with Crippen LogP contribution in [0, 0.1) is 0 Å². The zero-order valence-corrected chi connectivity index (χ0v) is 7.74. The van der Waals surface area contributed by atoms with Crippen LogP contribution in [0.15, 0.2) is 29.3 Å². The van der Waals surface area contributed by atoms with Gasteiger partial charge < -0.3 is 0 Å². The van der Waals surface area contributed by atoms with Crippen molar-refractivity contribution >= 4 is 17.9 Å². The quantitative estimate of drug-likeness (QED) is 0.459. The van der Waals surface area contributed by atoms with E-state index in [1.807, 2.05) is 37.3 Å². The molecule has 0 atom stereocenters. The summed E-state index contributed by atoms with van der Waals surface area (Å²) in [6, 6.07) is 7.80. The van der Waals surface area contributed by atoms with Gasteiger partial charge in [0, 0.05) is 5.22 Å². The first kappa shape index (κ1) is 9.43. The lowest BCUT2D eigenvalue weighted by molar-refractivity contribution is 0.565. The van der Waals surface area contributed by atoms with Crippen molar-refractivity contribution in [3.8, 4) is 0 Å². The monoisotopic (exact) mass is 173 g/mol. The Kier molecular flexibility index (Phi) is 3.18. The second-order valence-corrected chi connectivity index (χ2v) is 2.66. The lowest BCUT2D eigenvalue weighted by Crippen LogP contribution is -2.24. The van der Waals surface area contributed by atoms with Gasteiger partial charge in [0.05, 0.1) is 5.70 Å². The van der Waals surface area contributed by atoms with Crippen molar-refractivity contribution in [3.63, 3.8) is 0 Å². The molecular formula is C11H11NO. The number of rotatable bonds is 1. The fraction of sp³-hybridized carbons (Fsp3) is 0.182. The molecule has 66 valence electrons. The second kappa shape index (κ2) is 4.39. The lowest BCUT2D eigenvalue weighted by atomic mass is 10.2. The zero-order chi connectivity index (χ0) is 9.68. The molecule has 0 N–H and O–H groups in total. The lowest BCUT2D eigenvalue weighted by Gasteiger charge is -1.91. The average molecular weight is 173 g/mol. The third-order valence-corrected chi connectivity index (χ3v) is 1.87. The Morgan fingerprint density at radius 2 is 2.15 bits per heavy atom. The molecule has 0 aliphatic heterocycles. The Bertz CT molecular complexity index is 453. The predicted octanol–water partition coefficient (Wildman–Crippen LogP) is 0.951. The van der Waals surface area contributed by atoms with Crippen LogP contribution in [0.25, 0.3) is 11.8 Å². The van der Waals surface area contributed by atoms with Gasteiger partial charge in [0.25, 0.3) is 0 Å². The van der Waals surface area contributed by atoms with Gasteiger partial charge in [-0.1, -0.05) is 30.3 Å². The van der Waals surface area contributed by atoms with Crippen molar-refractivity contribution < 1.29 is 4.79 Å². The summed E-state index contributed by atoms with van der Waals surface area (Å²) in [5, 5.41) is 2.06. The van der Waals surface area contributed by atoms with Crippen LogP contribution in [-0.4, -0.2) is 6.08 Å². The van der Waals surface area contributed by atoms with Crippen molar-refractivity contribution in [2.75, 3.05) is 0 Å². The van der Waals surface area contributed by atoms with E-state index in [1.165, 1.54) is 0 Å². The van der Waals surface area contributed by atoms with E-state index in [2.05, 4.69) is 4.99 Å². The Hall–Kier alpha value is -1.66. The fourth-order valence-electron chi connectivity index (χ4n) is 1.21. The summed E-state index contributed by atoms with van der Waals surface area (Å²) in [7, 11) is 0. The van der Waals surface area contributed by atoms with E-state index in [-0.39, 0.29) is 0 Å². The van der Waals surface area contributed by atoms with E-state index in [0.717, 1.165) is 10.4 Å². The first-order valence-corrected chi connectivity index (χ1v) is 4.09. The zero-order valence-electron chi connectivity index (χ0n) is 7.74. The number of hydrogen-bond acceptors (Lipinski definition) is 2. The van der Waals surface area contributed by atoms with Crippen molar-refractivity contribution in [1.29, 1.82) is 0 Å². The van der Waals surface area contributed by atoms with Gasteiger partial charge >= 0.3 is 0 Å². The largest absolute Gasteiger partial charge is 0.240 e. The molecule has 0 bridgehead atoms. The second-order valence-electron chi connectivity index (χ2n) is 2.66. The van der Waals surface area contributed by atoms with Gasteiger partial charge in [0.1, 0.15) is 0 Å². The number of benzene rings is 1. The van der Waals surface area contributed by atoms with Gasteiger partial charge in [0.15, 0.2) is 0 Å². The molecule has 0 unspecified atom stereocenters. The molecule has 1 rings (SSSR count). The summed E-state index contributed by atoms with van der Waals surface area (Å²) in [5.74, 6) is 0. The van der Waals surface area contributed by atoms with Crippen molar-refractivity contribution in [1.82, 2.24) is 0 Å². The standard InChI is InChI=1S/C11H11NO/c1-3-10-6-4-5-7-11(10)9(2)12-8-13/h3-7H,1-2H3/b10-3-,11-9+. The molecule has 0 amide bonds. The Balaban J connectivity index is 3.63. The molecule has 1 aromatic rings. The smallest absolute Gasteiger partial charge is 0.211 e. The van der Waals surface area contributed by atoms with Gasteiger partial charge in [0.2, 0.25) is 6.08 Å². The molecule has 0 aliphatic rings. The number of hydrogen-bond donors (Lipinski definition) is 0. The molecule has 0 aromatic heterocycles. The maximum atomic E-state index is 10.1. The molecule has 0 saturated carbocycles. The third kappa shape index (κ3) is 2.14. The highest BCUT2D eigenvalue weighted by atomic mass is 16.1. The Labute approximate surface area is 76.9 Å². The third-order valence-electron chi connectivity index (χ3n) is 1.87. The molecule has 2 nitrogen and oxygen atoms in total. The first-order valence-electron chi connectivity index (χ1n) is 4.09. The molecule has 0 heterocycles. The van der Waals surface area contributed by atoms with E-state index in [0.29, 0.717) is 5.70 Å². The molecule has 0 fully saturated rings. The van der Waals surface area contributed by atoms with Crippen molar-refractivity contribution in [2.45, 2.75) is 13.8 Å². The minimum Gasteiger partial charge on any atom is -0.211 e. The van der Waals surface area contributed by atoms with E-state index in [4.69, 9.17) is 0 Å². The molecule has 0 spiro atoms. The van der Waals surface area contributed by atoms with Crippen molar-refractivity contribution in [2.24, 2.45) is 4.99 Å². The highest BCUT2D eigenvalue weighted by molar-refractivity contribution is 5.52. The summed E-state index contributed by atoms with van der Waals surface area (Å²) in [5.41, 5.74) is 0.698. The number of carbonyl (C=O) groups excluding carboxylic acids is 1. The number of isocyanates is 1. The normalized spacial score (nSPS) is 13.5. The van der Waals surface area contributed by atoms with Gasteiger partial charge in [-0.25, -0.2) is 4.79 Å². The maximum absolute atomic E-state index is 10.1. The summed E-state index contributed by atoms with van der Waals surface area (Å²) in [6.45, 7) is 3.75. The van der Waals surface area contributed by atoms with E-state index in [9.17, 15) is 4.79 Å². The van der Waals surface area contributed by atoms with Crippen LogP contribution in [0.1, 0.15) is 13.8 Å². The van der Waals surface area contributed by atoms with Crippen LogP contribution in [0.4, 0.5) is 0 Å². The van der Waals surface area contributed by atoms with E-state index in [1.54, 1.807) is 13.0 Å².